The van der Waals surface area contributed by atoms with E-state index >= 15 is 0 Å². The summed E-state index contributed by atoms with van der Waals surface area (Å²) in [7, 11) is 3.97. The van der Waals surface area contributed by atoms with Crippen molar-refractivity contribution in [2.24, 2.45) is 4.99 Å². The lowest BCUT2D eigenvalue weighted by atomic mass is 10.1. The minimum atomic E-state index is -0.193. The topological polar surface area (TPSA) is 42.9 Å². The molecule has 1 aliphatic rings. The van der Waals surface area contributed by atoms with Crippen LogP contribution in [0.1, 0.15) is 23.1 Å². The van der Waals surface area contributed by atoms with Gasteiger partial charge in [-0.05, 0) is 61.8 Å². The molecule has 31 heavy (non-hydrogen) atoms. The summed E-state index contributed by atoms with van der Waals surface area (Å²) in [5.41, 5.74) is 3.56. The van der Waals surface area contributed by atoms with Crippen molar-refractivity contribution in [2.45, 2.75) is 25.9 Å². The van der Waals surface area contributed by atoms with Crippen LogP contribution >= 0.6 is 24.0 Å². The maximum atomic E-state index is 13.3. The summed E-state index contributed by atoms with van der Waals surface area (Å²) in [5.74, 6) is 0.561. The molecule has 2 aromatic carbocycles. The fourth-order valence-corrected chi connectivity index (χ4v) is 3.70. The van der Waals surface area contributed by atoms with Gasteiger partial charge in [-0.15, -0.1) is 24.0 Å². The molecule has 2 aromatic rings. The van der Waals surface area contributed by atoms with Gasteiger partial charge in [0.2, 0.25) is 0 Å². The average Bonchev–Trinajstić information content (AvgIpc) is 2.95. The monoisotopic (exact) mass is 539 g/mol. The Morgan fingerprint density at radius 2 is 1.74 bits per heavy atom. The van der Waals surface area contributed by atoms with Gasteiger partial charge < -0.3 is 15.5 Å². The third kappa shape index (κ3) is 9.13. The van der Waals surface area contributed by atoms with Crippen molar-refractivity contribution in [2.75, 3.05) is 46.8 Å². The summed E-state index contributed by atoms with van der Waals surface area (Å²) >= 11 is 0. The van der Waals surface area contributed by atoms with Crippen LogP contribution in [0.5, 0.6) is 0 Å². The summed E-state index contributed by atoms with van der Waals surface area (Å²) < 4.78 is 13.3. The molecule has 170 valence electrons. The van der Waals surface area contributed by atoms with E-state index < -0.39 is 0 Å². The maximum Gasteiger partial charge on any atom is 0.191 e. The van der Waals surface area contributed by atoms with Gasteiger partial charge in [0, 0.05) is 39.8 Å². The average molecular weight is 539 g/mol. The minimum Gasteiger partial charge on any atom is -0.356 e. The molecule has 0 radical (unpaired) electrons. The lowest BCUT2D eigenvalue weighted by Crippen LogP contribution is -2.37. The highest BCUT2D eigenvalue weighted by Gasteiger charge is 2.12. The highest BCUT2D eigenvalue weighted by molar-refractivity contribution is 14.0. The van der Waals surface area contributed by atoms with Crippen LogP contribution in [0, 0.1) is 5.82 Å². The molecule has 7 heteroatoms. The normalized spacial score (nSPS) is 15.8. The quantitative estimate of drug-likeness (QED) is 0.321. The molecule has 1 aliphatic heterocycles. The molecule has 0 amide bonds. The van der Waals surface area contributed by atoms with Crippen molar-refractivity contribution in [1.82, 2.24) is 20.4 Å². The Hall–Kier alpha value is -1.71. The number of hydrogen-bond donors (Lipinski definition) is 2. The van der Waals surface area contributed by atoms with Crippen LogP contribution in [0.3, 0.4) is 0 Å². The van der Waals surface area contributed by atoms with Crippen LogP contribution in [0.15, 0.2) is 53.5 Å². The van der Waals surface area contributed by atoms with Crippen molar-refractivity contribution in [3.63, 3.8) is 0 Å². The van der Waals surface area contributed by atoms with Crippen LogP contribution in [0.25, 0.3) is 0 Å². The number of benzene rings is 2. The lowest BCUT2D eigenvalue weighted by molar-refractivity contribution is 0.269. The van der Waals surface area contributed by atoms with E-state index in [0.29, 0.717) is 13.1 Å². The number of nitrogens with zero attached hydrogens (tertiary/aromatic N) is 3. The summed E-state index contributed by atoms with van der Waals surface area (Å²) in [6, 6.07) is 15.5. The lowest BCUT2D eigenvalue weighted by Gasteiger charge is -2.20. The largest absolute Gasteiger partial charge is 0.356 e. The van der Waals surface area contributed by atoms with Crippen molar-refractivity contribution in [3.05, 3.63) is 71.0 Å². The van der Waals surface area contributed by atoms with Crippen LogP contribution in [0.4, 0.5) is 4.39 Å². The van der Waals surface area contributed by atoms with Crippen LogP contribution in [-0.4, -0.2) is 62.6 Å². The molecule has 0 atom stereocenters. The molecule has 0 spiro atoms. The van der Waals surface area contributed by atoms with Gasteiger partial charge in [0.25, 0.3) is 0 Å². The predicted octanol–water partition coefficient (Wildman–Crippen LogP) is 3.49. The molecule has 1 fully saturated rings. The minimum absolute atomic E-state index is 0. The first-order valence-electron chi connectivity index (χ1n) is 10.8. The van der Waals surface area contributed by atoms with E-state index in [9.17, 15) is 4.39 Å². The van der Waals surface area contributed by atoms with Gasteiger partial charge in [0.05, 0.1) is 0 Å². The summed E-state index contributed by atoms with van der Waals surface area (Å²) in [5, 5.41) is 6.63. The first-order valence-corrected chi connectivity index (χ1v) is 10.8. The number of nitrogens with one attached hydrogen (secondary N) is 2. The van der Waals surface area contributed by atoms with Gasteiger partial charge in [-0.3, -0.25) is 9.89 Å². The van der Waals surface area contributed by atoms with Crippen molar-refractivity contribution in [1.29, 1.82) is 0 Å². The van der Waals surface area contributed by atoms with Crippen molar-refractivity contribution >= 4 is 29.9 Å². The molecule has 1 saturated heterocycles. The summed E-state index contributed by atoms with van der Waals surface area (Å²) in [6.45, 7) is 7.08. The van der Waals surface area contributed by atoms with Crippen molar-refractivity contribution in [3.8, 4) is 0 Å². The first-order chi connectivity index (χ1) is 14.6. The standard InChI is InChI=1S/C24H34FN5.HI/c1-26-24(27-12-11-20-5-3-6-23(25)17-20)28-18-21-7-9-22(10-8-21)19-30-14-4-13-29(2)15-16-30;/h3,5-10,17H,4,11-16,18-19H2,1-2H3,(H2,26,27,28);1H. The number of guanidine groups is 1. The molecule has 0 aromatic heterocycles. The van der Waals surface area contributed by atoms with Gasteiger partial charge in [-0.1, -0.05) is 36.4 Å². The van der Waals surface area contributed by atoms with E-state index in [4.69, 9.17) is 0 Å². The number of aliphatic imine (C=N–C) groups is 1. The van der Waals surface area contributed by atoms with E-state index in [0.717, 1.165) is 37.6 Å². The van der Waals surface area contributed by atoms with Crippen LogP contribution in [0.2, 0.25) is 0 Å². The fourth-order valence-electron chi connectivity index (χ4n) is 3.70. The second kappa shape index (κ2) is 13.6. The van der Waals surface area contributed by atoms with E-state index in [2.05, 4.69) is 56.7 Å². The van der Waals surface area contributed by atoms with Crippen molar-refractivity contribution < 1.29 is 4.39 Å². The summed E-state index contributed by atoms with van der Waals surface area (Å²) in [6.07, 6.45) is 1.99. The van der Waals surface area contributed by atoms with Crippen LogP contribution < -0.4 is 10.6 Å². The Balaban J connectivity index is 0.00000341. The zero-order chi connectivity index (χ0) is 21.2. The van der Waals surface area contributed by atoms with Gasteiger partial charge >= 0.3 is 0 Å². The van der Waals surface area contributed by atoms with Gasteiger partial charge in [-0.2, -0.15) is 0 Å². The molecular formula is C24H35FIN5. The van der Waals surface area contributed by atoms with Gasteiger partial charge in [0.15, 0.2) is 5.96 Å². The zero-order valence-corrected chi connectivity index (χ0v) is 20.9. The zero-order valence-electron chi connectivity index (χ0n) is 18.6. The van der Waals surface area contributed by atoms with E-state index in [1.54, 1.807) is 19.2 Å². The first kappa shape index (κ1) is 25.5. The third-order valence-electron chi connectivity index (χ3n) is 5.52. The number of halogens is 2. The fraction of sp³-hybridized carbons (Fsp3) is 0.458. The highest BCUT2D eigenvalue weighted by atomic mass is 127. The molecule has 0 unspecified atom stereocenters. The second-order valence-electron chi connectivity index (χ2n) is 7.98. The Bertz CT molecular complexity index is 812. The smallest absolute Gasteiger partial charge is 0.191 e. The van der Waals surface area contributed by atoms with Crippen LogP contribution in [-0.2, 0) is 19.5 Å². The molecule has 3 rings (SSSR count). The number of hydrogen-bond acceptors (Lipinski definition) is 3. The molecular weight excluding hydrogens is 504 g/mol. The molecule has 5 nitrogen and oxygen atoms in total. The molecule has 0 bridgehead atoms. The van der Waals surface area contributed by atoms with E-state index in [1.807, 2.05) is 6.07 Å². The third-order valence-corrected chi connectivity index (χ3v) is 5.52. The Morgan fingerprint density at radius 1 is 0.968 bits per heavy atom. The van der Waals surface area contributed by atoms with Gasteiger partial charge in [-0.25, -0.2) is 4.39 Å². The Morgan fingerprint density at radius 3 is 2.48 bits per heavy atom. The highest BCUT2D eigenvalue weighted by Crippen LogP contribution is 2.10. The Labute approximate surface area is 203 Å². The summed E-state index contributed by atoms with van der Waals surface area (Å²) in [4.78, 5) is 9.22. The number of likely N-dealkylation sites (N-methyl/N-ethyl adjacent to an activating group) is 1. The Kier molecular flexibility index (Phi) is 11.2. The van der Waals surface area contributed by atoms with Gasteiger partial charge in [0.1, 0.15) is 5.82 Å². The SMILES string of the molecule is CN=C(NCCc1cccc(F)c1)NCc1ccc(CN2CCCN(C)CC2)cc1.I. The number of rotatable bonds is 7. The molecule has 2 N–H and O–H groups in total. The predicted molar refractivity (Wildman–Crippen MR) is 138 cm³/mol. The molecule has 0 aliphatic carbocycles. The second-order valence-corrected chi connectivity index (χ2v) is 7.98. The van der Waals surface area contributed by atoms with E-state index in [-0.39, 0.29) is 29.8 Å². The maximum absolute atomic E-state index is 13.3. The molecule has 1 heterocycles. The molecule has 0 saturated carbocycles. The van der Waals surface area contributed by atoms with E-state index in [1.165, 1.54) is 36.7 Å².